The molecular formula is C20H18FN3O3. The van der Waals surface area contributed by atoms with Crippen LogP contribution >= 0.6 is 0 Å². The fraction of sp³-hybridized carbons (Fsp3) is 0.250. The molecule has 1 aliphatic heterocycles. The first-order chi connectivity index (χ1) is 13.0. The fourth-order valence-electron chi connectivity index (χ4n) is 3.49. The van der Waals surface area contributed by atoms with Gasteiger partial charge in [-0.1, -0.05) is 0 Å². The standard InChI is InChI=1S/C20H18FN3O3/c1-11(25)15-8-16-17(9-19(15)27-2)23-22-10-18(16)24-6-5-12-7-13(21)3-4-14(12)20(24)26/h3-4,7-11,25H,5-6H2,1-2H3. The van der Waals surface area contributed by atoms with E-state index in [2.05, 4.69) is 10.2 Å². The zero-order valence-corrected chi connectivity index (χ0v) is 14.9. The van der Waals surface area contributed by atoms with Crippen molar-refractivity contribution in [2.75, 3.05) is 18.6 Å². The van der Waals surface area contributed by atoms with E-state index < -0.39 is 6.10 Å². The maximum Gasteiger partial charge on any atom is 0.258 e. The molecule has 7 heteroatoms. The Hall–Kier alpha value is -3.06. The summed E-state index contributed by atoms with van der Waals surface area (Å²) in [5.41, 5.74) is 2.95. The Morgan fingerprint density at radius 1 is 1.30 bits per heavy atom. The second-order valence-electron chi connectivity index (χ2n) is 6.53. The van der Waals surface area contributed by atoms with Crippen LogP contribution in [0.1, 0.15) is 34.5 Å². The average Bonchev–Trinajstić information content (AvgIpc) is 2.66. The van der Waals surface area contributed by atoms with Crippen LogP contribution in [0, 0.1) is 5.82 Å². The van der Waals surface area contributed by atoms with Crippen molar-refractivity contribution < 1.29 is 19.0 Å². The predicted octanol–water partition coefficient (Wildman–Crippen LogP) is 3.03. The summed E-state index contributed by atoms with van der Waals surface area (Å²) in [5, 5.41) is 18.9. The molecule has 3 aromatic rings. The molecule has 4 rings (SSSR count). The number of halogens is 1. The number of carbonyl (C=O) groups is 1. The molecule has 1 unspecified atom stereocenters. The number of nitrogens with zero attached hydrogens (tertiary/aromatic N) is 3. The van der Waals surface area contributed by atoms with E-state index in [-0.39, 0.29) is 11.7 Å². The number of rotatable bonds is 3. The van der Waals surface area contributed by atoms with E-state index in [1.54, 1.807) is 24.0 Å². The average molecular weight is 367 g/mol. The van der Waals surface area contributed by atoms with E-state index in [0.29, 0.717) is 52.0 Å². The van der Waals surface area contributed by atoms with E-state index in [4.69, 9.17) is 4.74 Å². The number of aliphatic hydroxyl groups excluding tert-OH is 1. The molecule has 27 heavy (non-hydrogen) atoms. The molecule has 0 bridgehead atoms. The van der Waals surface area contributed by atoms with E-state index in [1.807, 2.05) is 0 Å². The van der Waals surface area contributed by atoms with Crippen LogP contribution in [0.15, 0.2) is 36.5 Å². The highest BCUT2D eigenvalue weighted by Gasteiger charge is 2.28. The van der Waals surface area contributed by atoms with Crippen molar-refractivity contribution >= 4 is 22.5 Å². The lowest BCUT2D eigenvalue weighted by Crippen LogP contribution is -2.38. The molecule has 138 valence electrons. The second kappa shape index (κ2) is 6.59. The maximum absolute atomic E-state index is 13.5. The Labute approximate surface area is 155 Å². The lowest BCUT2D eigenvalue weighted by atomic mass is 9.97. The number of aliphatic hydroxyl groups is 1. The monoisotopic (exact) mass is 367 g/mol. The molecule has 1 atom stereocenters. The number of ether oxygens (including phenoxy) is 1. The summed E-state index contributed by atoms with van der Waals surface area (Å²) < 4.78 is 18.8. The van der Waals surface area contributed by atoms with Gasteiger partial charge in [-0.25, -0.2) is 4.39 Å². The molecule has 1 amide bonds. The minimum atomic E-state index is -0.744. The van der Waals surface area contributed by atoms with Crippen LogP contribution in [0.2, 0.25) is 0 Å². The van der Waals surface area contributed by atoms with Crippen LogP contribution < -0.4 is 9.64 Å². The molecular weight excluding hydrogens is 349 g/mol. The van der Waals surface area contributed by atoms with Crippen LogP contribution in [0.25, 0.3) is 10.9 Å². The molecule has 0 fully saturated rings. The Morgan fingerprint density at radius 3 is 2.85 bits per heavy atom. The fourth-order valence-corrected chi connectivity index (χ4v) is 3.49. The van der Waals surface area contributed by atoms with Crippen molar-refractivity contribution in [3.63, 3.8) is 0 Å². The normalized spacial score (nSPS) is 15.0. The Bertz CT molecular complexity index is 1050. The number of amides is 1. The van der Waals surface area contributed by atoms with Gasteiger partial charge in [0.15, 0.2) is 0 Å². The van der Waals surface area contributed by atoms with Crippen molar-refractivity contribution in [1.82, 2.24) is 10.2 Å². The number of methoxy groups -OCH3 is 1. The molecule has 1 aliphatic rings. The zero-order valence-electron chi connectivity index (χ0n) is 14.9. The van der Waals surface area contributed by atoms with E-state index in [0.717, 1.165) is 0 Å². The molecule has 1 N–H and O–H groups in total. The lowest BCUT2D eigenvalue weighted by Gasteiger charge is -2.29. The summed E-state index contributed by atoms with van der Waals surface area (Å²) in [6.45, 7) is 2.06. The number of carbonyl (C=O) groups excluding carboxylic acids is 1. The van der Waals surface area contributed by atoms with Gasteiger partial charge in [0.05, 0.1) is 30.6 Å². The minimum absolute atomic E-state index is 0.208. The van der Waals surface area contributed by atoms with Gasteiger partial charge >= 0.3 is 0 Å². The summed E-state index contributed by atoms with van der Waals surface area (Å²) in [6, 6.07) is 7.69. The van der Waals surface area contributed by atoms with Gasteiger partial charge in [-0.3, -0.25) is 4.79 Å². The highest BCUT2D eigenvalue weighted by atomic mass is 19.1. The van der Waals surface area contributed by atoms with Crippen molar-refractivity contribution in [3.8, 4) is 5.75 Å². The number of benzene rings is 2. The van der Waals surface area contributed by atoms with Gasteiger partial charge in [-0.2, -0.15) is 10.2 Å². The van der Waals surface area contributed by atoms with Crippen LogP contribution in [0.4, 0.5) is 10.1 Å². The summed E-state index contributed by atoms with van der Waals surface area (Å²) in [7, 11) is 1.52. The van der Waals surface area contributed by atoms with Gasteiger partial charge in [-0.15, -0.1) is 0 Å². The van der Waals surface area contributed by atoms with Crippen LogP contribution in [-0.4, -0.2) is 34.9 Å². The second-order valence-corrected chi connectivity index (χ2v) is 6.53. The van der Waals surface area contributed by atoms with Crippen molar-refractivity contribution in [2.45, 2.75) is 19.4 Å². The van der Waals surface area contributed by atoms with Gasteiger partial charge in [0.2, 0.25) is 0 Å². The third-order valence-corrected chi connectivity index (χ3v) is 4.86. The molecule has 0 saturated carbocycles. The topological polar surface area (TPSA) is 75.6 Å². The number of anilines is 1. The van der Waals surface area contributed by atoms with Gasteiger partial charge < -0.3 is 14.7 Å². The number of hydrogen-bond donors (Lipinski definition) is 1. The first kappa shape index (κ1) is 17.4. The summed E-state index contributed by atoms with van der Waals surface area (Å²) in [4.78, 5) is 14.6. The van der Waals surface area contributed by atoms with Crippen molar-refractivity contribution in [1.29, 1.82) is 0 Å². The highest BCUT2D eigenvalue weighted by Crippen LogP contribution is 2.35. The molecule has 0 aliphatic carbocycles. The summed E-state index contributed by atoms with van der Waals surface area (Å²) in [6.07, 6.45) is 1.33. The third kappa shape index (κ3) is 2.90. The zero-order chi connectivity index (χ0) is 19.1. The maximum atomic E-state index is 13.5. The summed E-state index contributed by atoms with van der Waals surface area (Å²) >= 11 is 0. The molecule has 1 aromatic heterocycles. The quantitative estimate of drug-likeness (QED) is 0.770. The van der Waals surface area contributed by atoms with E-state index in [9.17, 15) is 14.3 Å². The van der Waals surface area contributed by atoms with Crippen molar-refractivity contribution in [3.05, 3.63) is 59.0 Å². The van der Waals surface area contributed by atoms with E-state index in [1.165, 1.54) is 31.5 Å². The third-order valence-electron chi connectivity index (χ3n) is 4.86. The van der Waals surface area contributed by atoms with Crippen molar-refractivity contribution in [2.24, 2.45) is 0 Å². The Kier molecular flexibility index (Phi) is 4.24. The van der Waals surface area contributed by atoms with Crippen LogP contribution in [0.5, 0.6) is 5.75 Å². The number of fused-ring (bicyclic) bond motifs is 2. The highest BCUT2D eigenvalue weighted by molar-refractivity contribution is 6.11. The van der Waals surface area contributed by atoms with Crippen LogP contribution in [0.3, 0.4) is 0 Å². The van der Waals surface area contributed by atoms with Gasteiger partial charge in [0.25, 0.3) is 5.91 Å². The molecule has 6 nitrogen and oxygen atoms in total. The first-order valence-electron chi connectivity index (χ1n) is 8.61. The number of hydrogen-bond acceptors (Lipinski definition) is 5. The predicted molar refractivity (Wildman–Crippen MR) is 98.5 cm³/mol. The molecule has 0 spiro atoms. The minimum Gasteiger partial charge on any atom is -0.496 e. The Morgan fingerprint density at radius 2 is 2.11 bits per heavy atom. The smallest absolute Gasteiger partial charge is 0.258 e. The SMILES string of the molecule is COc1cc2nncc(N3CCc4cc(F)ccc4C3=O)c2cc1C(C)O. The molecule has 0 saturated heterocycles. The lowest BCUT2D eigenvalue weighted by molar-refractivity contribution is 0.0980. The van der Waals surface area contributed by atoms with E-state index >= 15 is 0 Å². The first-order valence-corrected chi connectivity index (χ1v) is 8.61. The van der Waals surface area contributed by atoms with Gasteiger partial charge in [-0.05, 0) is 43.2 Å². The largest absolute Gasteiger partial charge is 0.496 e. The summed E-state index contributed by atoms with van der Waals surface area (Å²) in [5.74, 6) is -0.0468. The van der Waals surface area contributed by atoms with Gasteiger partial charge in [0, 0.05) is 29.1 Å². The number of aromatic nitrogens is 2. The Balaban J connectivity index is 1.85. The van der Waals surface area contributed by atoms with Gasteiger partial charge in [0.1, 0.15) is 11.6 Å². The molecule has 2 heterocycles. The molecule has 0 radical (unpaired) electrons. The van der Waals surface area contributed by atoms with Crippen LogP contribution in [-0.2, 0) is 6.42 Å². The molecule has 2 aromatic carbocycles.